The van der Waals surface area contributed by atoms with E-state index in [-0.39, 0.29) is 6.61 Å². The van der Waals surface area contributed by atoms with Gasteiger partial charge in [-0.3, -0.25) is 0 Å². The van der Waals surface area contributed by atoms with Crippen LogP contribution >= 0.6 is 12.2 Å². The maximum atomic E-state index is 8.69. The molecule has 0 aliphatic rings. The van der Waals surface area contributed by atoms with Crippen LogP contribution in [0.4, 0.5) is 0 Å². The molecule has 84 valence electrons. The molecule has 0 aromatic carbocycles. The van der Waals surface area contributed by atoms with Crippen LogP contribution in [0.5, 0.6) is 0 Å². The molecule has 0 rings (SSSR count). The Balaban J connectivity index is 2.95. The van der Waals surface area contributed by atoms with E-state index in [4.69, 9.17) is 17.3 Å². The number of hydrogen-bond acceptors (Lipinski definition) is 2. The molecule has 14 heavy (non-hydrogen) atoms. The summed E-state index contributed by atoms with van der Waals surface area (Å²) in [7, 11) is 0. The number of unbranched alkanes of at least 4 members (excludes halogenated alkanes) is 7. The molecule has 0 saturated carbocycles. The van der Waals surface area contributed by atoms with Crippen molar-refractivity contribution >= 4 is 17.1 Å². The monoisotopic (exact) mass is 216 g/mol. The smallest absolute Gasteiger partial charge is 0.0744 e. The first-order valence-electron chi connectivity index (χ1n) is 5.93. The second-order valence-corrected chi connectivity index (χ2v) is 4.50. The molecule has 0 aliphatic heterocycles. The van der Waals surface area contributed by atoms with E-state index in [1.54, 1.807) is 0 Å². The Kier molecular flexibility index (Phi) is 11.2. The molecule has 0 radical (unpaired) electrons. The minimum absolute atomic E-state index is 0.0891. The van der Waals surface area contributed by atoms with Gasteiger partial charge in [0.15, 0.2) is 0 Å². The van der Waals surface area contributed by atoms with E-state index in [2.05, 4.69) is 6.92 Å². The average Bonchev–Trinajstić information content (AvgIpc) is 2.21. The molecular weight excluding hydrogens is 192 g/mol. The summed E-state index contributed by atoms with van der Waals surface area (Å²) in [6.07, 6.45) is 11.5. The number of aliphatic hydroxyl groups excluding tert-OH is 1. The molecule has 2 heteroatoms. The van der Waals surface area contributed by atoms with Crippen LogP contribution in [0.1, 0.15) is 64.7 Å². The van der Waals surface area contributed by atoms with Gasteiger partial charge in [-0.2, -0.15) is 0 Å². The SMILES string of the molecule is CCCCCCCCCCC(=S)CO. The molecule has 0 aromatic rings. The molecule has 0 amide bonds. The first-order valence-corrected chi connectivity index (χ1v) is 6.34. The molecule has 0 aromatic heterocycles. The maximum Gasteiger partial charge on any atom is 0.0744 e. The summed E-state index contributed by atoms with van der Waals surface area (Å²) in [5.74, 6) is 0. The van der Waals surface area contributed by atoms with E-state index in [1.165, 1.54) is 44.9 Å². The highest BCUT2D eigenvalue weighted by atomic mass is 32.1. The van der Waals surface area contributed by atoms with Crippen molar-refractivity contribution in [2.75, 3.05) is 6.61 Å². The Morgan fingerprint density at radius 1 is 0.929 bits per heavy atom. The van der Waals surface area contributed by atoms with Crippen molar-refractivity contribution in [1.29, 1.82) is 0 Å². The van der Waals surface area contributed by atoms with Crippen LogP contribution in [0.25, 0.3) is 0 Å². The highest BCUT2D eigenvalue weighted by Crippen LogP contribution is 2.09. The molecule has 0 heterocycles. The lowest BCUT2D eigenvalue weighted by Crippen LogP contribution is -1.99. The minimum atomic E-state index is 0.0891. The second-order valence-electron chi connectivity index (χ2n) is 3.92. The van der Waals surface area contributed by atoms with E-state index >= 15 is 0 Å². The third kappa shape index (κ3) is 10.1. The zero-order valence-electron chi connectivity index (χ0n) is 9.43. The summed E-state index contributed by atoms with van der Waals surface area (Å²) in [5, 5.41) is 8.69. The van der Waals surface area contributed by atoms with Gasteiger partial charge in [0.1, 0.15) is 0 Å². The lowest BCUT2D eigenvalue weighted by molar-refractivity contribution is 0.357. The van der Waals surface area contributed by atoms with E-state index in [0.717, 1.165) is 17.7 Å². The maximum absolute atomic E-state index is 8.69. The molecule has 1 N–H and O–H groups in total. The Morgan fingerprint density at radius 3 is 1.93 bits per heavy atom. The molecule has 1 nitrogen and oxygen atoms in total. The largest absolute Gasteiger partial charge is 0.391 e. The van der Waals surface area contributed by atoms with Crippen LogP contribution in [0, 0.1) is 0 Å². The fourth-order valence-corrected chi connectivity index (χ4v) is 1.68. The summed E-state index contributed by atoms with van der Waals surface area (Å²) in [4.78, 5) is 0.816. The molecule has 0 bridgehead atoms. The third-order valence-corrected chi connectivity index (χ3v) is 2.82. The van der Waals surface area contributed by atoms with Gasteiger partial charge in [-0.1, -0.05) is 64.1 Å². The van der Waals surface area contributed by atoms with E-state index in [1.807, 2.05) is 0 Å². The van der Waals surface area contributed by atoms with E-state index in [0.29, 0.717) is 0 Å². The van der Waals surface area contributed by atoms with Crippen LogP contribution in [-0.2, 0) is 0 Å². The first-order chi connectivity index (χ1) is 6.81. The Morgan fingerprint density at radius 2 is 1.43 bits per heavy atom. The van der Waals surface area contributed by atoms with E-state index < -0.39 is 0 Å². The minimum Gasteiger partial charge on any atom is -0.391 e. The summed E-state index contributed by atoms with van der Waals surface area (Å²) in [6.45, 7) is 2.33. The zero-order chi connectivity index (χ0) is 10.6. The van der Waals surface area contributed by atoms with Gasteiger partial charge in [-0.25, -0.2) is 0 Å². The highest BCUT2D eigenvalue weighted by molar-refractivity contribution is 7.80. The van der Waals surface area contributed by atoms with Gasteiger partial charge in [0.25, 0.3) is 0 Å². The molecule has 0 unspecified atom stereocenters. The van der Waals surface area contributed by atoms with Crippen molar-refractivity contribution in [1.82, 2.24) is 0 Å². The summed E-state index contributed by atoms with van der Waals surface area (Å²) < 4.78 is 0. The number of rotatable bonds is 10. The number of hydrogen-bond donors (Lipinski definition) is 1. The molecule has 0 saturated heterocycles. The average molecular weight is 216 g/mol. The van der Waals surface area contributed by atoms with Gasteiger partial charge in [-0.05, 0) is 12.8 Å². The normalized spacial score (nSPS) is 10.4. The highest BCUT2D eigenvalue weighted by Gasteiger charge is 1.95. The third-order valence-electron chi connectivity index (χ3n) is 2.49. The lowest BCUT2D eigenvalue weighted by Gasteiger charge is -2.01. The van der Waals surface area contributed by atoms with Crippen LogP contribution in [0.2, 0.25) is 0 Å². The molecule has 0 fully saturated rings. The van der Waals surface area contributed by atoms with Crippen LogP contribution in [0.3, 0.4) is 0 Å². The summed E-state index contributed by atoms with van der Waals surface area (Å²) in [6, 6.07) is 0. The first kappa shape index (κ1) is 14.1. The Hall–Kier alpha value is 0.0500. The van der Waals surface area contributed by atoms with Crippen LogP contribution in [0.15, 0.2) is 0 Å². The van der Waals surface area contributed by atoms with Crippen molar-refractivity contribution in [2.45, 2.75) is 64.7 Å². The van der Waals surface area contributed by atoms with Crippen molar-refractivity contribution in [3.63, 3.8) is 0 Å². The zero-order valence-corrected chi connectivity index (χ0v) is 10.2. The van der Waals surface area contributed by atoms with Crippen molar-refractivity contribution in [3.8, 4) is 0 Å². The molecular formula is C12H24OS. The topological polar surface area (TPSA) is 20.2 Å². The lowest BCUT2D eigenvalue weighted by atomic mass is 10.1. The van der Waals surface area contributed by atoms with Crippen LogP contribution in [-0.4, -0.2) is 16.6 Å². The van der Waals surface area contributed by atoms with Gasteiger partial charge in [0.2, 0.25) is 0 Å². The van der Waals surface area contributed by atoms with Gasteiger partial charge in [-0.15, -0.1) is 0 Å². The van der Waals surface area contributed by atoms with Gasteiger partial charge in [0, 0.05) is 4.86 Å². The predicted octanol–water partition coefficient (Wildman–Crippen LogP) is 3.88. The van der Waals surface area contributed by atoms with Gasteiger partial charge in [0.05, 0.1) is 6.61 Å². The number of thiocarbonyl (C=S) groups is 1. The number of aliphatic hydroxyl groups is 1. The summed E-state index contributed by atoms with van der Waals surface area (Å²) >= 11 is 4.94. The van der Waals surface area contributed by atoms with Crippen molar-refractivity contribution in [2.24, 2.45) is 0 Å². The van der Waals surface area contributed by atoms with Crippen LogP contribution < -0.4 is 0 Å². The Labute approximate surface area is 93.9 Å². The molecule has 0 atom stereocenters. The summed E-state index contributed by atoms with van der Waals surface area (Å²) in [5.41, 5.74) is 0. The van der Waals surface area contributed by atoms with Gasteiger partial charge >= 0.3 is 0 Å². The fourth-order valence-electron chi connectivity index (χ4n) is 1.54. The predicted molar refractivity (Wildman–Crippen MR) is 66.9 cm³/mol. The van der Waals surface area contributed by atoms with Gasteiger partial charge < -0.3 is 5.11 Å². The fraction of sp³-hybridized carbons (Fsp3) is 0.917. The molecule has 0 spiro atoms. The Bertz CT molecular complexity index is 134. The molecule has 0 aliphatic carbocycles. The van der Waals surface area contributed by atoms with Crippen molar-refractivity contribution < 1.29 is 5.11 Å². The second kappa shape index (κ2) is 11.1. The quantitative estimate of drug-likeness (QED) is 0.442. The van der Waals surface area contributed by atoms with E-state index in [9.17, 15) is 0 Å². The van der Waals surface area contributed by atoms with Crippen molar-refractivity contribution in [3.05, 3.63) is 0 Å². The standard InChI is InChI=1S/C12H24OS/c1-2-3-4-5-6-7-8-9-10-12(14)11-13/h13H,2-11H2,1H3.